The summed E-state index contributed by atoms with van der Waals surface area (Å²) >= 11 is 1.77. The Labute approximate surface area is 131 Å². The van der Waals surface area contributed by atoms with E-state index >= 15 is 0 Å². The molecule has 1 aromatic carbocycles. The van der Waals surface area contributed by atoms with Crippen LogP contribution >= 0.6 is 11.8 Å². The van der Waals surface area contributed by atoms with E-state index < -0.39 is 0 Å². The quantitative estimate of drug-likeness (QED) is 0.885. The summed E-state index contributed by atoms with van der Waals surface area (Å²) in [5.74, 6) is 0. The summed E-state index contributed by atoms with van der Waals surface area (Å²) in [7, 11) is 0. The van der Waals surface area contributed by atoms with Crippen molar-refractivity contribution in [2.75, 3.05) is 0 Å². The average Bonchev–Trinajstić information content (AvgIpc) is 3.22. The van der Waals surface area contributed by atoms with Gasteiger partial charge in [-0.1, -0.05) is 29.5 Å². The van der Waals surface area contributed by atoms with Crippen molar-refractivity contribution in [3.63, 3.8) is 0 Å². The second-order valence-corrected chi connectivity index (χ2v) is 7.05. The maximum absolute atomic E-state index is 4.64. The number of aryl methyl sites for hydroxylation is 3. The normalized spacial score (nSPS) is 14.4. The number of hydrogen-bond donors (Lipinski definition) is 1. The third kappa shape index (κ3) is 4.08. The van der Waals surface area contributed by atoms with Gasteiger partial charge in [-0.15, -0.1) is 0 Å². The van der Waals surface area contributed by atoms with Crippen LogP contribution in [0.2, 0.25) is 0 Å². The van der Waals surface area contributed by atoms with Crippen LogP contribution in [0.4, 0.5) is 0 Å². The van der Waals surface area contributed by atoms with Gasteiger partial charge in [0.25, 0.3) is 0 Å². The zero-order valence-corrected chi connectivity index (χ0v) is 13.8. The van der Waals surface area contributed by atoms with Gasteiger partial charge in [-0.25, -0.2) is 4.98 Å². The number of nitrogens with one attached hydrogen (secondary N) is 1. The first-order chi connectivity index (χ1) is 10.1. The van der Waals surface area contributed by atoms with E-state index in [9.17, 15) is 0 Å². The van der Waals surface area contributed by atoms with Crippen LogP contribution in [-0.2, 0) is 6.54 Å². The van der Waals surface area contributed by atoms with E-state index in [0.717, 1.165) is 23.3 Å². The summed E-state index contributed by atoms with van der Waals surface area (Å²) in [6.45, 7) is 7.30. The molecule has 0 radical (unpaired) electrons. The van der Waals surface area contributed by atoms with Gasteiger partial charge in [0.15, 0.2) is 0 Å². The molecule has 3 heteroatoms. The summed E-state index contributed by atoms with van der Waals surface area (Å²) < 4.78 is 0. The molecule has 0 unspecified atom stereocenters. The highest BCUT2D eigenvalue weighted by Gasteiger charge is 2.20. The minimum atomic E-state index is 0.739. The molecule has 0 bridgehead atoms. The predicted molar refractivity (Wildman–Crippen MR) is 88.9 cm³/mol. The Bertz CT molecular complexity index is 627. The van der Waals surface area contributed by atoms with Gasteiger partial charge in [0, 0.05) is 23.2 Å². The van der Waals surface area contributed by atoms with E-state index in [1.165, 1.54) is 34.4 Å². The van der Waals surface area contributed by atoms with Crippen molar-refractivity contribution in [3.8, 4) is 0 Å². The summed E-state index contributed by atoms with van der Waals surface area (Å²) in [4.78, 5) is 5.95. The van der Waals surface area contributed by atoms with Crippen molar-refractivity contribution >= 4 is 11.8 Å². The molecule has 1 heterocycles. The van der Waals surface area contributed by atoms with Gasteiger partial charge in [0.05, 0.1) is 0 Å². The Morgan fingerprint density at radius 2 is 1.90 bits per heavy atom. The molecular weight excluding hydrogens is 276 g/mol. The molecule has 110 valence electrons. The lowest BCUT2D eigenvalue weighted by Crippen LogP contribution is -2.15. The standard InChI is InChI=1S/C18H22N2S/c1-12-4-7-17(15(9-12)11-19-16-5-6-16)21-18-10-13(2)8-14(3)20-18/h4,7-10,16,19H,5-6,11H2,1-3H3. The number of rotatable bonds is 5. The Hall–Kier alpha value is -1.32. The van der Waals surface area contributed by atoms with Crippen molar-refractivity contribution in [2.45, 2.75) is 56.1 Å². The van der Waals surface area contributed by atoms with Crippen molar-refractivity contribution in [3.05, 3.63) is 52.7 Å². The first kappa shape index (κ1) is 14.6. The molecule has 0 amide bonds. The lowest BCUT2D eigenvalue weighted by atomic mass is 10.1. The zero-order chi connectivity index (χ0) is 14.8. The Balaban J connectivity index is 1.82. The highest BCUT2D eigenvalue weighted by molar-refractivity contribution is 7.99. The van der Waals surface area contributed by atoms with Gasteiger partial charge >= 0.3 is 0 Å². The molecular formula is C18H22N2S. The maximum Gasteiger partial charge on any atom is 0.101 e. The van der Waals surface area contributed by atoms with E-state index in [1.54, 1.807) is 11.8 Å². The van der Waals surface area contributed by atoms with Crippen LogP contribution in [0.5, 0.6) is 0 Å². The molecule has 0 atom stereocenters. The summed E-state index contributed by atoms with van der Waals surface area (Å²) in [5, 5.41) is 4.70. The van der Waals surface area contributed by atoms with Crippen LogP contribution in [0, 0.1) is 20.8 Å². The zero-order valence-electron chi connectivity index (χ0n) is 12.9. The van der Waals surface area contributed by atoms with E-state index in [0.29, 0.717) is 0 Å². The Morgan fingerprint density at radius 1 is 1.10 bits per heavy atom. The van der Waals surface area contributed by atoms with Gasteiger partial charge in [-0.3, -0.25) is 0 Å². The summed E-state index contributed by atoms with van der Waals surface area (Å²) in [6.07, 6.45) is 2.65. The lowest BCUT2D eigenvalue weighted by Gasteiger charge is -2.11. The Morgan fingerprint density at radius 3 is 2.62 bits per heavy atom. The Kier molecular flexibility index (Phi) is 4.32. The van der Waals surface area contributed by atoms with Crippen LogP contribution in [-0.4, -0.2) is 11.0 Å². The SMILES string of the molecule is Cc1cc(C)nc(Sc2ccc(C)cc2CNC2CC2)c1. The first-order valence-corrected chi connectivity index (χ1v) is 8.38. The molecule has 1 aromatic heterocycles. The van der Waals surface area contributed by atoms with E-state index in [1.807, 2.05) is 0 Å². The fraction of sp³-hybridized carbons (Fsp3) is 0.389. The minimum Gasteiger partial charge on any atom is -0.310 e. The highest BCUT2D eigenvalue weighted by atomic mass is 32.2. The average molecular weight is 298 g/mol. The fourth-order valence-electron chi connectivity index (χ4n) is 2.46. The van der Waals surface area contributed by atoms with Gasteiger partial charge in [-0.05, 0) is 62.9 Å². The second-order valence-electron chi connectivity index (χ2n) is 5.99. The monoisotopic (exact) mass is 298 g/mol. The van der Waals surface area contributed by atoms with Gasteiger partial charge < -0.3 is 5.32 Å². The van der Waals surface area contributed by atoms with E-state index in [2.05, 4.69) is 61.4 Å². The largest absolute Gasteiger partial charge is 0.310 e. The summed E-state index contributed by atoms with van der Waals surface area (Å²) in [5.41, 5.74) is 5.06. The molecule has 2 nitrogen and oxygen atoms in total. The molecule has 1 fully saturated rings. The van der Waals surface area contributed by atoms with Crippen molar-refractivity contribution < 1.29 is 0 Å². The molecule has 1 N–H and O–H groups in total. The number of aromatic nitrogens is 1. The fourth-order valence-corrected chi connectivity index (χ4v) is 3.51. The molecule has 1 saturated carbocycles. The molecule has 3 rings (SSSR count). The summed E-state index contributed by atoms with van der Waals surface area (Å²) in [6, 6.07) is 11.7. The van der Waals surface area contributed by atoms with Gasteiger partial charge in [0.2, 0.25) is 0 Å². The molecule has 0 saturated heterocycles. The number of nitrogens with zero attached hydrogens (tertiary/aromatic N) is 1. The smallest absolute Gasteiger partial charge is 0.101 e. The van der Waals surface area contributed by atoms with Crippen molar-refractivity contribution in [1.29, 1.82) is 0 Å². The molecule has 1 aliphatic carbocycles. The molecule has 2 aromatic rings. The maximum atomic E-state index is 4.64. The topological polar surface area (TPSA) is 24.9 Å². The van der Waals surface area contributed by atoms with Crippen LogP contribution < -0.4 is 5.32 Å². The molecule has 0 spiro atoms. The first-order valence-electron chi connectivity index (χ1n) is 7.56. The van der Waals surface area contributed by atoms with Gasteiger partial charge in [-0.2, -0.15) is 0 Å². The van der Waals surface area contributed by atoms with Crippen LogP contribution in [0.25, 0.3) is 0 Å². The predicted octanol–water partition coefficient (Wildman–Crippen LogP) is 4.41. The second kappa shape index (κ2) is 6.20. The molecule has 21 heavy (non-hydrogen) atoms. The number of hydrogen-bond acceptors (Lipinski definition) is 3. The van der Waals surface area contributed by atoms with Gasteiger partial charge in [0.1, 0.15) is 5.03 Å². The lowest BCUT2D eigenvalue weighted by molar-refractivity contribution is 0.680. The van der Waals surface area contributed by atoms with Crippen molar-refractivity contribution in [1.82, 2.24) is 10.3 Å². The third-order valence-electron chi connectivity index (χ3n) is 3.66. The number of pyridine rings is 1. The van der Waals surface area contributed by atoms with Crippen LogP contribution in [0.1, 0.15) is 35.2 Å². The minimum absolute atomic E-state index is 0.739. The van der Waals surface area contributed by atoms with Crippen molar-refractivity contribution in [2.24, 2.45) is 0 Å². The molecule has 0 aliphatic heterocycles. The third-order valence-corrected chi connectivity index (χ3v) is 4.70. The number of benzene rings is 1. The van der Waals surface area contributed by atoms with Crippen LogP contribution in [0.3, 0.4) is 0 Å². The van der Waals surface area contributed by atoms with E-state index in [-0.39, 0.29) is 0 Å². The van der Waals surface area contributed by atoms with E-state index in [4.69, 9.17) is 0 Å². The molecule has 1 aliphatic rings. The van der Waals surface area contributed by atoms with Crippen LogP contribution in [0.15, 0.2) is 40.3 Å². The highest BCUT2D eigenvalue weighted by Crippen LogP contribution is 2.31.